The van der Waals surface area contributed by atoms with Crippen LogP contribution in [0, 0.1) is 6.92 Å². The van der Waals surface area contributed by atoms with Crippen molar-refractivity contribution in [3.8, 4) is 0 Å². The number of thioether (sulfide) groups is 1. The molecule has 0 amide bonds. The van der Waals surface area contributed by atoms with Gasteiger partial charge in [-0.25, -0.2) is 9.98 Å². The molecule has 0 aromatic carbocycles. The third-order valence-corrected chi connectivity index (χ3v) is 5.17. The maximum Gasteiger partial charge on any atom is 0.434 e. The van der Waals surface area contributed by atoms with E-state index in [9.17, 15) is 13.2 Å². The Balaban J connectivity index is 0.00000392. The van der Waals surface area contributed by atoms with Crippen LogP contribution in [-0.4, -0.2) is 44.3 Å². The molecule has 0 unspecified atom stereocenters. The number of halogens is 4. The fourth-order valence-corrected chi connectivity index (χ4v) is 3.19. The Bertz CT molecular complexity index is 761. The van der Waals surface area contributed by atoms with Gasteiger partial charge in [0, 0.05) is 19.0 Å². The minimum atomic E-state index is -4.43. The van der Waals surface area contributed by atoms with E-state index in [1.54, 1.807) is 11.8 Å². The van der Waals surface area contributed by atoms with Gasteiger partial charge in [-0.15, -0.1) is 45.5 Å². The standard InChI is InChI=1S/C15H22F3N7S2.HI/c1-10-23-24-12(25(10)2)7-20-14(19-5-4-6-26-3)21-8-13-22-11(9-27-13)15(16,17)18;/h9H,4-8H2,1-3H3,(H2,19,20,21);1H. The molecular formula is C15H23F3IN7S2. The number of nitrogens with one attached hydrogen (secondary N) is 2. The second-order valence-corrected chi connectivity index (χ2v) is 7.57. The number of nitrogens with zero attached hydrogens (tertiary/aromatic N) is 5. The molecule has 7 nitrogen and oxygen atoms in total. The van der Waals surface area contributed by atoms with Crippen molar-refractivity contribution >= 4 is 53.0 Å². The summed E-state index contributed by atoms with van der Waals surface area (Å²) < 4.78 is 39.8. The molecule has 2 rings (SSSR count). The molecule has 0 bridgehead atoms. The van der Waals surface area contributed by atoms with E-state index in [4.69, 9.17) is 0 Å². The molecule has 0 aliphatic carbocycles. The smallest absolute Gasteiger partial charge is 0.356 e. The Morgan fingerprint density at radius 3 is 2.64 bits per heavy atom. The summed E-state index contributed by atoms with van der Waals surface area (Å²) in [6, 6.07) is 0. The molecule has 0 saturated carbocycles. The Hall–Kier alpha value is -1.09. The molecule has 0 spiro atoms. The number of aryl methyl sites for hydroxylation is 1. The minimum Gasteiger partial charge on any atom is -0.356 e. The fourth-order valence-electron chi connectivity index (χ4n) is 2.02. The average molecular weight is 549 g/mol. The molecule has 0 aliphatic heterocycles. The normalized spacial score (nSPS) is 12.0. The van der Waals surface area contributed by atoms with E-state index in [2.05, 4.69) is 30.8 Å². The minimum absolute atomic E-state index is 0. The molecule has 158 valence electrons. The number of hydrogen-bond acceptors (Lipinski definition) is 6. The van der Waals surface area contributed by atoms with Crippen molar-refractivity contribution in [2.75, 3.05) is 18.6 Å². The van der Waals surface area contributed by atoms with Crippen LogP contribution in [0.25, 0.3) is 0 Å². The van der Waals surface area contributed by atoms with Crippen LogP contribution < -0.4 is 10.6 Å². The van der Waals surface area contributed by atoms with E-state index in [0.29, 0.717) is 29.9 Å². The largest absolute Gasteiger partial charge is 0.434 e. The third-order valence-electron chi connectivity index (χ3n) is 3.63. The lowest BCUT2D eigenvalue weighted by molar-refractivity contribution is -0.140. The first-order chi connectivity index (χ1) is 12.8. The first kappa shape index (κ1) is 24.9. The molecule has 0 atom stereocenters. The van der Waals surface area contributed by atoms with Crippen molar-refractivity contribution in [1.29, 1.82) is 0 Å². The molecule has 2 heterocycles. The summed E-state index contributed by atoms with van der Waals surface area (Å²) in [4.78, 5) is 8.07. The second kappa shape index (κ2) is 11.8. The predicted molar refractivity (Wildman–Crippen MR) is 117 cm³/mol. The van der Waals surface area contributed by atoms with Gasteiger partial charge in [0.05, 0.1) is 6.54 Å². The van der Waals surface area contributed by atoms with Crippen molar-refractivity contribution in [3.63, 3.8) is 0 Å². The van der Waals surface area contributed by atoms with Crippen molar-refractivity contribution in [3.05, 3.63) is 27.7 Å². The Morgan fingerprint density at radius 1 is 1.32 bits per heavy atom. The summed E-state index contributed by atoms with van der Waals surface area (Å²) in [5, 5.41) is 15.6. The summed E-state index contributed by atoms with van der Waals surface area (Å²) in [7, 11) is 1.85. The van der Waals surface area contributed by atoms with Crippen LogP contribution in [0.5, 0.6) is 0 Å². The van der Waals surface area contributed by atoms with Gasteiger partial charge in [0.1, 0.15) is 17.4 Å². The summed E-state index contributed by atoms with van der Waals surface area (Å²) in [6.07, 6.45) is -1.45. The number of thiazole rings is 1. The molecule has 28 heavy (non-hydrogen) atoms. The highest BCUT2D eigenvalue weighted by atomic mass is 127. The fraction of sp³-hybridized carbons (Fsp3) is 0.600. The molecule has 0 aliphatic rings. The van der Waals surface area contributed by atoms with Crippen LogP contribution in [0.2, 0.25) is 0 Å². The molecule has 2 N–H and O–H groups in total. The summed E-state index contributed by atoms with van der Waals surface area (Å²) in [5.74, 6) is 2.99. The number of aromatic nitrogens is 4. The summed E-state index contributed by atoms with van der Waals surface area (Å²) in [6.45, 7) is 3.02. The third kappa shape index (κ3) is 7.73. The van der Waals surface area contributed by atoms with Gasteiger partial charge in [0.2, 0.25) is 0 Å². The maximum absolute atomic E-state index is 12.7. The van der Waals surface area contributed by atoms with Gasteiger partial charge in [-0.05, 0) is 25.4 Å². The molecule has 2 aromatic heterocycles. The molecule has 2 aromatic rings. The van der Waals surface area contributed by atoms with Gasteiger partial charge < -0.3 is 15.2 Å². The van der Waals surface area contributed by atoms with Gasteiger partial charge in [0.15, 0.2) is 17.5 Å². The van der Waals surface area contributed by atoms with E-state index in [0.717, 1.165) is 34.7 Å². The Morgan fingerprint density at radius 2 is 2.07 bits per heavy atom. The van der Waals surface area contributed by atoms with E-state index in [-0.39, 0.29) is 30.5 Å². The SMILES string of the molecule is CSCCCNC(=NCc1nnc(C)n1C)NCc1nc(C(F)(F)F)cs1.I. The molecular weight excluding hydrogens is 526 g/mol. The number of rotatable bonds is 8. The van der Waals surface area contributed by atoms with Gasteiger partial charge >= 0.3 is 6.18 Å². The monoisotopic (exact) mass is 549 g/mol. The summed E-state index contributed by atoms with van der Waals surface area (Å²) >= 11 is 2.71. The van der Waals surface area contributed by atoms with Crippen molar-refractivity contribution in [1.82, 2.24) is 30.4 Å². The summed E-state index contributed by atoms with van der Waals surface area (Å²) in [5.41, 5.74) is -0.870. The highest BCUT2D eigenvalue weighted by Crippen LogP contribution is 2.29. The van der Waals surface area contributed by atoms with Crippen molar-refractivity contribution in [2.45, 2.75) is 32.6 Å². The van der Waals surface area contributed by atoms with Gasteiger partial charge in [0.25, 0.3) is 0 Å². The lowest BCUT2D eigenvalue weighted by atomic mass is 10.5. The zero-order valence-corrected chi connectivity index (χ0v) is 19.7. The van der Waals surface area contributed by atoms with E-state index in [1.165, 1.54) is 0 Å². The van der Waals surface area contributed by atoms with E-state index in [1.807, 2.05) is 24.8 Å². The highest BCUT2D eigenvalue weighted by Gasteiger charge is 2.33. The van der Waals surface area contributed by atoms with Crippen LogP contribution in [0.3, 0.4) is 0 Å². The number of alkyl halides is 3. The Labute approximate surface area is 187 Å². The van der Waals surface area contributed by atoms with Crippen LogP contribution in [0.1, 0.15) is 28.8 Å². The van der Waals surface area contributed by atoms with Crippen molar-refractivity contribution in [2.24, 2.45) is 12.0 Å². The first-order valence-corrected chi connectivity index (χ1v) is 10.5. The number of guanidine groups is 1. The molecule has 0 saturated heterocycles. The lowest BCUT2D eigenvalue weighted by Gasteiger charge is -2.11. The molecule has 0 radical (unpaired) electrons. The molecule has 0 fully saturated rings. The second-order valence-electron chi connectivity index (χ2n) is 5.64. The topological polar surface area (TPSA) is 80.0 Å². The predicted octanol–water partition coefficient (Wildman–Crippen LogP) is 3.21. The number of aliphatic imine (C=N–C) groups is 1. The van der Waals surface area contributed by atoms with Crippen LogP contribution in [0.15, 0.2) is 10.4 Å². The average Bonchev–Trinajstić information content (AvgIpc) is 3.22. The van der Waals surface area contributed by atoms with E-state index >= 15 is 0 Å². The highest BCUT2D eigenvalue weighted by molar-refractivity contribution is 14.0. The van der Waals surface area contributed by atoms with Crippen LogP contribution >= 0.6 is 47.1 Å². The first-order valence-electron chi connectivity index (χ1n) is 8.19. The lowest BCUT2D eigenvalue weighted by Crippen LogP contribution is -2.37. The van der Waals surface area contributed by atoms with Crippen LogP contribution in [0.4, 0.5) is 13.2 Å². The van der Waals surface area contributed by atoms with Gasteiger partial charge in [-0.1, -0.05) is 0 Å². The molecule has 13 heteroatoms. The van der Waals surface area contributed by atoms with E-state index < -0.39 is 11.9 Å². The van der Waals surface area contributed by atoms with Gasteiger partial charge in [-0.2, -0.15) is 24.9 Å². The van der Waals surface area contributed by atoms with Gasteiger partial charge in [-0.3, -0.25) is 0 Å². The zero-order valence-electron chi connectivity index (χ0n) is 15.7. The quantitative estimate of drug-likeness (QED) is 0.228. The van der Waals surface area contributed by atoms with Crippen molar-refractivity contribution < 1.29 is 13.2 Å². The zero-order chi connectivity index (χ0) is 19.9. The number of hydrogen-bond donors (Lipinski definition) is 2. The Kier molecular flexibility index (Phi) is 10.5. The van der Waals surface area contributed by atoms with Crippen LogP contribution in [-0.2, 0) is 26.3 Å². The maximum atomic E-state index is 12.7.